The number of ether oxygens (including phenoxy) is 4. The molecule has 11 heteroatoms. The van der Waals surface area contributed by atoms with Crippen LogP contribution in [0.3, 0.4) is 0 Å². The van der Waals surface area contributed by atoms with Crippen LogP contribution in [0.4, 0.5) is 17.6 Å². The Morgan fingerprint density at radius 3 is 2.42 bits per heavy atom. The Morgan fingerprint density at radius 1 is 1.05 bits per heavy atom. The molecule has 4 rings (SSSR count). The van der Waals surface area contributed by atoms with Crippen LogP contribution in [-0.2, 0) is 43.1 Å². The van der Waals surface area contributed by atoms with Gasteiger partial charge < -0.3 is 29.2 Å². The first kappa shape index (κ1) is 30.4. The van der Waals surface area contributed by atoms with Gasteiger partial charge >= 0.3 is 6.18 Å². The van der Waals surface area contributed by atoms with Crippen molar-refractivity contribution in [2.24, 2.45) is 0 Å². The van der Waals surface area contributed by atoms with E-state index in [0.717, 1.165) is 12.1 Å². The van der Waals surface area contributed by atoms with Crippen LogP contribution in [0.2, 0.25) is 0 Å². The summed E-state index contributed by atoms with van der Waals surface area (Å²) in [5, 5.41) is 2.95. The van der Waals surface area contributed by atoms with Gasteiger partial charge in [0.1, 0.15) is 11.9 Å². The number of hydrogen-bond donors (Lipinski definition) is 1. The minimum Gasteiger partial charge on any atom is -0.371 e. The van der Waals surface area contributed by atoms with E-state index in [1.807, 2.05) is 19.0 Å². The van der Waals surface area contributed by atoms with Crippen molar-refractivity contribution in [3.8, 4) is 0 Å². The third-order valence-corrected chi connectivity index (χ3v) is 7.06. The summed E-state index contributed by atoms with van der Waals surface area (Å²) in [6, 6.07) is 10.7. The zero-order chi connectivity index (χ0) is 29.1. The molecule has 2 aromatic carbocycles. The van der Waals surface area contributed by atoms with Crippen LogP contribution in [-0.4, -0.2) is 67.7 Å². The Morgan fingerprint density at radius 2 is 1.77 bits per heavy atom. The number of amides is 1. The van der Waals surface area contributed by atoms with Crippen LogP contribution in [0.15, 0.2) is 48.5 Å². The van der Waals surface area contributed by atoms with Crippen molar-refractivity contribution in [2.45, 2.75) is 75.8 Å². The fourth-order valence-electron chi connectivity index (χ4n) is 5.10. The molecule has 7 nitrogen and oxygen atoms in total. The van der Waals surface area contributed by atoms with Crippen molar-refractivity contribution in [2.75, 3.05) is 27.2 Å². The average Bonchev–Trinajstić information content (AvgIpc) is 3.19. The Kier molecular flexibility index (Phi) is 9.21. The molecule has 1 amide bonds. The van der Waals surface area contributed by atoms with E-state index in [4.69, 9.17) is 18.9 Å². The summed E-state index contributed by atoms with van der Waals surface area (Å²) in [4.78, 5) is 15.6. The van der Waals surface area contributed by atoms with Crippen LogP contribution >= 0.6 is 0 Å². The lowest BCUT2D eigenvalue weighted by molar-refractivity contribution is -0.183. The topological polar surface area (TPSA) is 69.3 Å². The molecular weight excluding hydrogens is 532 g/mol. The summed E-state index contributed by atoms with van der Waals surface area (Å²) in [6.07, 6.45) is -5.88. The highest BCUT2D eigenvalue weighted by molar-refractivity contribution is 5.85. The van der Waals surface area contributed by atoms with Gasteiger partial charge in [-0.1, -0.05) is 24.3 Å². The van der Waals surface area contributed by atoms with Crippen molar-refractivity contribution in [3.05, 3.63) is 71.0 Å². The largest absolute Gasteiger partial charge is 0.416 e. The molecule has 1 aliphatic carbocycles. The number of nitrogens with one attached hydrogen (secondary N) is 1. The minimum atomic E-state index is -4.44. The lowest BCUT2D eigenvalue weighted by Crippen LogP contribution is -2.60. The van der Waals surface area contributed by atoms with Gasteiger partial charge in [-0.05, 0) is 63.3 Å². The van der Waals surface area contributed by atoms with Gasteiger partial charge in [-0.3, -0.25) is 4.79 Å². The van der Waals surface area contributed by atoms with E-state index in [-0.39, 0.29) is 32.0 Å². The number of carbonyl (C=O) groups excluding carboxylic acids is 1. The van der Waals surface area contributed by atoms with Crippen LogP contribution in [0.25, 0.3) is 0 Å². The summed E-state index contributed by atoms with van der Waals surface area (Å²) in [5.74, 6) is -1.70. The van der Waals surface area contributed by atoms with Crippen LogP contribution in [0.1, 0.15) is 43.4 Å². The van der Waals surface area contributed by atoms with Crippen molar-refractivity contribution in [1.82, 2.24) is 10.2 Å². The molecule has 220 valence electrons. The number of carbonyl (C=O) groups is 1. The standard InChI is InChI=1S/C29H36F4N2O5/c1-27(2)39-24-16-28(26(36)34-12-13-35(3)4,38-18-20-6-5-7-22(30)14-20)15-23(25(24)40-27)37-17-19-8-10-21(11-9-19)29(31,32)33/h5-11,14,23-25H,12-13,15-18H2,1-4H3,(H,34,36)/t23?,24-,25+,28-/m1/s1. The third-order valence-electron chi connectivity index (χ3n) is 7.06. The molecule has 1 saturated heterocycles. The summed E-state index contributed by atoms with van der Waals surface area (Å²) in [7, 11) is 3.79. The average molecular weight is 569 g/mol. The molecule has 2 aliphatic rings. The number of hydrogen-bond acceptors (Lipinski definition) is 6. The lowest BCUT2D eigenvalue weighted by Gasteiger charge is -2.43. The maximum Gasteiger partial charge on any atom is 0.416 e. The van der Waals surface area contributed by atoms with Crippen molar-refractivity contribution < 1.29 is 41.3 Å². The molecule has 1 N–H and O–H groups in total. The molecule has 0 radical (unpaired) electrons. The first-order valence-corrected chi connectivity index (χ1v) is 13.2. The predicted octanol–water partition coefficient (Wildman–Crippen LogP) is 4.68. The first-order valence-electron chi connectivity index (χ1n) is 13.2. The molecule has 1 heterocycles. The number of fused-ring (bicyclic) bond motifs is 1. The lowest BCUT2D eigenvalue weighted by atomic mass is 9.78. The number of benzene rings is 2. The molecule has 1 saturated carbocycles. The van der Waals surface area contributed by atoms with Crippen LogP contribution in [0.5, 0.6) is 0 Å². The Bertz CT molecular complexity index is 1160. The maximum atomic E-state index is 13.8. The van der Waals surface area contributed by atoms with Crippen LogP contribution in [0, 0.1) is 5.82 Å². The van der Waals surface area contributed by atoms with Gasteiger partial charge in [-0.25, -0.2) is 4.39 Å². The number of rotatable bonds is 10. The highest BCUT2D eigenvalue weighted by Crippen LogP contribution is 2.44. The zero-order valence-corrected chi connectivity index (χ0v) is 23.1. The number of halogens is 4. The second-order valence-corrected chi connectivity index (χ2v) is 11.1. The SMILES string of the molecule is CN(C)CCNC(=O)[C@@]1(OCc2cccc(F)c2)CC(OCc2ccc(C(F)(F)F)cc2)[C@@H]2OC(C)(C)O[C@@H]2C1. The summed E-state index contributed by atoms with van der Waals surface area (Å²) in [5.41, 5.74) is -1.03. The second-order valence-electron chi connectivity index (χ2n) is 11.1. The van der Waals surface area contributed by atoms with Crippen molar-refractivity contribution in [1.29, 1.82) is 0 Å². The predicted molar refractivity (Wildman–Crippen MR) is 139 cm³/mol. The smallest absolute Gasteiger partial charge is 0.371 e. The van der Waals surface area contributed by atoms with Gasteiger partial charge in [0.2, 0.25) is 0 Å². The number of nitrogens with zero attached hydrogens (tertiary/aromatic N) is 1. The molecule has 4 atom stereocenters. The highest BCUT2D eigenvalue weighted by Gasteiger charge is 2.58. The van der Waals surface area contributed by atoms with Gasteiger partial charge in [0.05, 0.1) is 31.0 Å². The second kappa shape index (κ2) is 12.1. The molecule has 0 aromatic heterocycles. The quantitative estimate of drug-likeness (QED) is 0.420. The summed E-state index contributed by atoms with van der Waals surface area (Å²) < 4.78 is 77.6. The maximum absolute atomic E-state index is 13.8. The molecule has 0 bridgehead atoms. The highest BCUT2D eigenvalue weighted by atomic mass is 19.4. The van der Waals surface area contributed by atoms with Crippen molar-refractivity contribution >= 4 is 5.91 Å². The van der Waals surface area contributed by atoms with Gasteiger partial charge in [-0.15, -0.1) is 0 Å². The molecule has 1 aliphatic heterocycles. The number of alkyl halides is 3. The molecule has 40 heavy (non-hydrogen) atoms. The molecule has 2 aromatic rings. The summed E-state index contributed by atoms with van der Waals surface area (Å²) >= 11 is 0. The van der Waals surface area contributed by atoms with Gasteiger partial charge in [0, 0.05) is 25.9 Å². The fourth-order valence-corrected chi connectivity index (χ4v) is 5.10. The van der Waals surface area contributed by atoms with Gasteiger partial charge in [0.25, 0.3) is 5.91 Å². The number of likely N-dealkylation sites (N-methyl/N-ethyl adjacent to an activating group) is 1. The van der Waals surface area contributed by atoms with E-state index in [1.165, 1.54) is 24.3 Å². The Labute approximate surface area is 231 Å². The molecule has 1 unspecified atom stereocenters. The van der Waals surface area contributed by atoms with Crippen LogP contribution < -0.4 is 5.32 Å². The minimum absolute atomic E-state index is 0.00195. The van der Waals surface area contributed by atoms with E-state index in [1.54, 1.807) is 26.0 Å². The molecule has 0 spiro atoms. The monoisotopic (exact) mass is 568 g/mol. The normalized spacial score (nSPS) is 26.1. The summed E-state index contributed by atoms with van der Waals surface area (Å²) in [6.45, 7) is 4.50. The van der Waals surface area contributed by atoms with E-state index in [0.29, 0.717) is 24.2 Å². The van der Waals surface area contributed by atoms with E-state index in [2.05, 4.69) is 5.32 Å². The van der Waals surface area contributed by atoms with Gasteiger partial charge in [0.15, 0.2) is 11.4 Å². The fraction of sp³-hybridized carbons (Fsp3) is 0.552. The molecule has 2 fully saturated rings. The first-order chi connectivity index (χ1) is 18.8. The zero-order valence-electron chi connectivity index (χ0n) is 23.1. The van der Waals surface area contributed by atoms with E-state index < -0.39 is 47.3 Å². The van der Waals surface area contributed by atoms with E-state index >= 15 is 0 Å². The molecular formula is C29H36F4N2O5. The third kappa shape index (κ3) is 7.58. The van der Waals surface area contributed by atoms with Crippen molar-refractivity contribution in [3.63, 3.8) is 0 Å². The van der Waals surface area contributed by atoms with Gasteiger partial charge in [-0.2, -0.15) is 13.2 Å². The Hall–Kier alpha value is -2.57. The van der Waals surface area contributed by atoms with E-state index in [9.17, 15) is 22.4 Å². The Balaban J connectivity index is 1.57.